The second-order valence-electron chi connectivity index (χ2n) is 5.01. The molecular weight excluding hydrogens is 287 g/mol. The summed E-state index contributed by atoms with van der Waals surface area (Å²) in [6.45, 7) is 1.91. The average molecular weight is 305 g/mol. The highest BCUT2D eigenvalue weighted by atomic mass is 32.2. The lowest BCUT2D eigenvalue weighted by Crippen LogP contribution is -2.28. The van der Waals surface area contributed by atoms with Gasteiger partial charge in [-0.1, -0.05) is 18.2 Å². The Bertz CT molecular complexity index is 452. The molecule has 0 bridgehead atoms. The molecule has 1 aliphatic rings. The Hall–Kier alpha value is -0.720. The molecule has 0 aliphatic carbocycles. The highest BCUT2D eigenvalue weighted by Gasteiger charge is 2.35. The maximum atomic E-state index is 12.9. The summed E-state index contributed by atoms with van der Waals surface area (Å²) in [6, 6.07) is 5.25. The van der Waals surface area contributed by atoms with Crippen molar-refractivity contribution in [3.63, 3.8) is 0 Å². The molecule has 2 atom stereocenters. The van der Waals surface area contributed by atoms with Gasteiger partial charge in [-0.25, -0.2) is 0 Å². The molecule has 1 fully saturated rings. The summed E-state index contributed by atoms with van der Waals surface area (Å²) in [5, 5.41) is 10.6. The van der Waals surface area contributed by atoms with Crippen LogP contribution in [-0.4, -0.2) is 41.1 Å². The van der Waals surface area contributed by atoms with Crippen molar-refractivity contribution >= 4 is 11.8 Å². The van der Waals surface area contributed by atoms with E-state index in [2.05, 4.69) is 0 Å². The van der Waals surface area contributed by atoms with Gasteiger partial charge in [-0.05, 0) is 30.9 Å². The Kier molecular flexibility index (Phi) is 4.99. The summed E-state index contributed by atoms with van der Waals surface area (Å²) in [5.74, 6) is 0. The fraction of sp³-hybridized carbons (Fsp3) is 0.571. The molecule has 2 rings (SSSR count). The van der Waals surface area contributed by atoms with Gasteiger partial charge in [0.15, 0.2) is 0 Å². The lowest BCUT2D eigenvalue weighted by molar-refractivity contribution is -0.139. The topological polar surface area (TPSA) is 23.5 Å². The van der Waals surface area contributed by atoms with E-state index in [1.807, 2.05) is 11.2 Å². The lowest BCUT2D eigenvalue weighted by Gasteiger charge is -2.22. The molecule has 20 heavy (non-hydrogen) atoms. The predicted molar refractivity (Wildman–Crippen MR) is 74.8 cm³/mol. The van der Waals surface area contributed by atoms with Gasteiger partial charge in [-0.15, -0.1) is 0 Å². The molecule has 0 amide bonds. The van der Waals surface area contributed by atoms with Crippen LogP contribution in [0.5, 0.6) is 0 Å². The average Bonchev–Trinajstić information content (AvgIpc) is 2.85. The van der Waals surface area contributed by atoms with Crippen molar-refractivity contribution in [3.8, 4) is 0 Å². The van der Waals surface area contributed by atoms with Crippen molar-refractivity contribution in [3.05, 3.63) is 35.4 Å². The summed E-state index contributed by atoms with van der Waals surface area (Å²) >= 11 is 1.76. The first-order valence-corrected chi connectivity index (χ1v) is 7.80. The quantitative estimate of drug-likeness (QED) is 0.924. The highest BCUT2D eigenvalue weighted by Crippen LogP contribution is 2.35. The summed E-state index contributed by atoms with van der Waals surface area (Å²) in [5.41, 5.74) is -0.777. The van der Waals surface area contributed by atoms with Crippen LogP contribution in [0.3, 0.4) is 0 Å². The molecule has 1 aromatic carbocycles. The van der Waals surface area contributed by atoms with Crippen molar-refractivity contribution in [2.24, 2.45) is 0 Å². The third-order valence-electron chi connectivity index (χ3n) is 3.62. The Labute approximate surface area is 121 Å². The highest BCUT2D eigenvalue weighted by molar-refractivity contribution is 7.99. The molecule has 2 nitrogen and oxygen atoms in total. The maximum absolute atomic E-state index is 12.9. The summed E-state index contributed by atoms with van der Waals surface area (Å²) in [6.07, 6.45) is -2.48. The Morgan fingerprint density at radius 3 is 2.70 bits per heavy atom. The van der Waals surface area contributed by atoms with E-state index in [-0.39, 0.29) is 12.1 Å². The van der Waals surface area contributed by atoms with Gasteiger partial charge in [0.2, 0.25) is 0 Å². The van der Waals surface area contributed by atoms with Gasteiger partial charge in [-0.2, -0.15) is 24.9 Å². The standard InChI is InChI=1S/C14H18F3NOS/c1-20-10-6-7-18(8-10)9-13(19)11-4-2-3-5-12(11)14(15,16)17/h2-5,10,13,19H,6-9H2,1H3. The van der Waals surface area contributed by atoms with E-state index in [1.54, 1.807) is 11.8 Å². The second-order valence-corrected chi connectivity index (χ2v) is 6.14. The first kappa shape index (κ1) is 15.7. The largest absolute Gasteiger partial charge is 0.416 e. The van der Waals surface area contributed by atoms with Crippen LogP contribution < -0.4 is 0 Å². The molecule has 2 unspecified atom stereocenters. The van der Waals surface area contributed by atoms with Crippen LogP contribution in [0, 0.1) is 0 Å². The van der Waals surface area contributed by atoms with Crippen LogP contribution in [0.15, 0.2) is 24.3 Å². The monoisotopic (exact) mass is 305 g/mol. The van der Waals surface area contributed by atoms with Gasteiger partial charge in [0.05, 0.1) is 11.7 Å². The lowest BCUT2D eigenvalue weighted by atomic mass is 10.0. The molecule has 0 radical (unpaired) electrons. The number of β-amino-alcohol motifs (C(OH)–C–C–N with tert-alkyl or cyclic N) is 1. The first-order valence-electron chi connectivity index (χ1n) is 6.51. The molecule has 1 aromatic rings. The van der Waals surface area contributed by atoms with Crippen molar-refractivity contribution in [2.75, 3.05) is 25.9 Å². The summed E-state index contributed by atoms with van der Waals surface area (Å²) in [7, 11) is 0. The Morgan fingerprint density at radius 2 is 2.10 bits per heavy atom. The molecule has 0 aromatic heterocycles. The molecule has 0 saturated carbocycles. The normalized spacial score (nSPS) is 22.1. The zero-order chi connectivity index (χ0) is 14.8. The van der Waals surface area contributed by atoms with Crippen molar-refractivity contribution in [2.45, 2.75) is 24.0 Å². The number of alkyl halides is 3. The molecule has 0 spiro atoms. The van der Waals surface area contributed by atoms with E-state index < -0.39 is 17.8 Å². The van der Waals surface area contributed by atoms with E-state index in [4.69, 9.17) is 0 Å². The number of thioether (sulfide) groups is 1. The number of rotatable bonds is 4. The van der Waals surface area contributed by atoms with Gasteiger partial charge in [-0.3, -0.25) is 4.90 Å². The number of aliphatic hydroxyl groups is 1. The Balaban J connectivity index is 2.08. The van der Waals surface area contributed by atoms with Crippen molar-refractivity contribution in [1.82, 2.24) is 4.90 Å². The minimum atomic E-state index is -4.43. The summed E-state index contributed by atoms with van der Waals surface area (Å²) in [4.78, 5) is 2.03. The number of hydrogen-bond donors (Lipinski definition) is 1. The Morgan fingerprint density at radius 1 is 1.40 bits per heavy atom. The SMILES string of the molecule is CSC1CCN(CC(O)c2ccccc2C(F)(F)F)C1. The molecule has 1 aliphatic heterocycles. The second kappa shape index (κ2) is 6.37. The molecule has 1 N–H and O–H groups in total. The third-order valence-corrected chi connectivity index (χ3v) is 4.67. The van der Waals surface area contributed by atoms with Crippen molar-refractivity contribution in [1.29, 1.82) is 0 Å². The van der Waals surface area contributed by atoms with E-state index in [0.29, 0.717) is 5.25 Å². The fourth-order valence-corrected chi connectivity index (χ4v) is 3.24. The molecule has 1 heterocycles. The molecule has 1 saturated heterocycles. The van der Waals surface area contributed by atoms with Gasteiger partial charge in [0.1, 0.15) is 0 Å². The minimum Gasteiger partial charge on any atom is -0.387 e. The van der Waals surface area contributed by atoms with Crippen LogP contribution in [0.1, 0.15) is 23.7 Å². The van der Waals surface area contributed by atoms with Gasteiger partial charge in [0, 0.05) is 18.3 Å². The van der Waals surface area contributed by atoms with Gasteiger partial charge < -0.3 is 5.11 Å². The van der Waals surface area contributed by atoms with Crippen LogP contribution >= 0.6 is 11.8 Å². The maximum Gasteiger partial charge on any atom is 0.416 e. The van der Waals surface area contributed by atoms with E-state index in [9.17, 15) is 18.3 Å². The van der Waals surface area contributed by atoms with Gasteiger partial charge in [0.25, 0.3) is 0 Å². The van der Waals surface area contributed by atoms with Crippen LogP contribution in [0.2, 0.25) is 0 Å². The first-order chi connectivity index (χ1) is 9.41. The number of aliphatic hydroxyl groups excluding tert-OH is 1. The molecule has 6 heteroatoms. The smallest absolute Gasteiger partial charge is 0.387 e. The van der Waals surface area contributed by atoms with E-state index >= 15 is 0 Å². The van der Waals surface area contributed by atoms with Crippen LogP contribution in [-0.2, 0) is 6.18 Å². The molecular formula is C14H18F3NOS. The predicted octanol–water partition coefficient (Wildman–Crippen LogP) is 3.18. The number of hydrogen-bond acceptors (Lipinski definition) is 3. The zero-order valence-electron chi connectivity index (χ0n) is 11.2. The van der Waals surface area contributed by atoms with Crippen molar-refractivity contribution < 1.29 is 18.3 Å². The van der Waals surface area contributed by atoms with Crippen LogP contribution in [0.25, 0.3) is 0 Å². The van der Waals surface area contributed by atoms with E-state index in [1.165, 1.54) is 18.2 Å². The summed E-state index contributed by atoms with van der Waals surface area (Å²) < 4.78 is 38.7. The number of likely N-dealkylation sites (tertiary alicyclic amines) is 1. The fourth-order valence-electron chi connectivity index (χ4n) is 2.54. The van der Waals surface area contributed by atoms with Gasteiger partial charge >= 0.3 is 6.18 Å². The minimum absolute atomic E-state index is 0.0346. The van der Waals surface area contributed by atoms with E-state index in [0.717, 1.165) is 25.6 Å². The zero-order valence-corrected chi connectivity index (χ0v) is 12.0. The molecule has 112 valence electrons. The number of benzene rings is 1. The number of halogens is 3. The van der Waals surface area contributed by atoms with Crippen LogP contribution in [0.4, 0.5) is 13.2 Å². The third kappa shape index (κ3) is 3.68. The number of nitrogens with zero attached hydrogens (tertiary/aromatic N) is 1.